The Kier molecular flexibility index (Phi) is 8.90. The van der Waals surface area contributed by atoms with E-state index in [1.54, 1.807) is 18.1 Å². The molecule has 1 amide bonds. The molecule has 2 N–H and O–H groups in total. The van der Waals surface area contributed by atoms with Crippen molar-refractivity contribution in [3.05, 3.63) is 78.4 Å². The lowest BCUT2D eigenvalue weighted by Crippen LogP contribution is -2.39. The lowest BCUT2D eigenvalue weighted by Gasteiger charge is -2.28. The second-order valence-corrected chi connectivity index (χ2v) is 6.08. The normalized spacial score (nSPS) is 12.4. The summed E-state index contributed by atoms with van der Waals surface area (Å²) in [6.45, 7) is 6.65. The highest BCUT2D eigenvalue weighted by Crippen LogP contribution is 2.22. The Bertz CT molecular complexity index is 689. The van der Waals surface area contributed by atoms with Gasteiger partial charge in [0.25, 0.3) is 0 Å². The van der Waals surface area contributed by atoms with Crippen molar-refractivity contribution in [2.75, 3.05) is 13.7 Å². The predicted octanol–water partition coefficient (Wildman–Crippen LogP) is 3.97. The number of rotatable bonds is 8. The first-order chi connectivity index (χ1) is 12.1. The summed E-state index contributed by atoms with van der Waals surface area (Å²) >= 11 is 0. The highest BCUT2D eigenvalue weighted by Gasteiger charge is 2.26. The Morgan fingerprint density at radius 1 is 1.19 bits per heavy atom. The molecule has 5 heteroatoms. The molecule has 0 aliphatic heterocycles. The van der Waals surface area contributed by atoms with E-state index in [0.29, 0.717) is 13.1 Å². The van der Waals surface area contributed by atoms with Crippen LogP contribution in [0.2, 0.25) is 0 Å². The third-order valence-corrected chi connectivity index (χ3v) is 4.31. The molecular weight excluding hydrogens is 348 g/mol. The van der Waals surface area contributed by atoms with Crippen LogP contribution in [0.25, 0.3) is 0 Å². The molecule has 2 aromatic carbocycles. The van der Waals surface area contributed by atoms with Crippen LogP contribution < -0.4 is 10.5 Å². The maximum atomic E-state index is 12.9. The van der Waals surface area contributed by atoms with Gasteiger partial charge in [0.1, 0.15) is 5.75 Å². The molecule has 0 spiro atoms. The predicted molar refractivity (Wildman–Crippen MR) is 108 cm³/mol. The number of carbonyl (C=O) groups excluding carboxylic acids is 1. The van der Waals surface area contributed by atoms with Crippen molar-refractivity contribution in [1.82, 2.24) is 4.90 Å². The molecule has 140 valence electrons. The van der Waals surface area contributed by atoms with Crippen molar-refractivity contribution in [3.63, 3.8) is 0 Å². The summed E-state index contributed by atoms with van der Waals surface area (Å²) < 4.78 is 5.17. The highest BCUT2D eigenvalue weighted by molar-refractivity contribution is 5.85. The zero-order chi connectivity index (χ0) is 18.2. The third kappa shape index (κ3) is 5.61. The van der Waals surface area contributed by atoms with Crippen LogP contribution in [0.1, 0.15) is 24.1 Å². The lowest BCUT2D eigenvalue weighted by molar-refractivity contribution is -0.135. The Morgan fingerprint density at radius 3 is 2.35 bits per heavy atom. The fourth-order valence-electron chi connectivity index (χ4n) is 2.75. The molecule has 2 unspecified atom stereocenters. The van der Waals surface area contributed by atoms with Gasteiger partial charge in [0.15, 0.2) is 0 Å². The van der Waals surface area contributed by atoms with Crippen LogP contribution in [0.4, 0.5) is 0 Å². The topological polar surface area (TPSA) is 55.6 Å². The van der Waals surface area contributed by atoms with E-state index in [0.717, 1.165) is 16.9 Å². The van der Waals surface area contributed by atoms with Crippen LogP contribution in [0.3, 0.4) is 0 Å². The number of nitrogens with zero attached hydrogens (tertiary/aromatic N) is 1. The molecule has 0 heterocycles. The van der Waals surface area contributed by atoms with Crippen LogP contribution >= 0.6 is 12.4 Å². The Morgan fingerprint density at radius 2 is 1.81 bits per heavy atom. The minimum absolute atomic E-state index is 0. The van der Waals surface area contributed by atoms with E-state index in [1.165, 1.54) is 0 Å². The smallest absolute Gasteiger partial charge is 0.227 e. The Balaban J connectivity index is 0.00000338. The van der Waals surface area contributed by atoms with E-state index in [-0.39, 0.29) is 30.3 Å². The molecule has 0 aliphatic rings. The second kappa shape index (κ2) is 10.6. The van der Waals surface area contributed by atoms with Crippen molar-refractivity contribution in [2.24, 2.45) is 11.7 Å². The van der Waals surface area contributed by atoms with Gasteiger partial charge in [0.2, 0.25) is 5.91 Å². The molecule has 0 radical (unpaired) electrons. The molecule has 0 saturated carbocycles. The number of carbonyl (C=O) groups is 1. The molecule has 26 heavy (non-hydrogen) atoms. The fraction of sp³-hybridized carbons (Fsp3) is 0.286. The van der Waals surface area contributed by atoms with Crippen LogP contribution in [-0.4, -0.2) is 24.5 Å². The molecule has 0 aromatic heterocycles. The average molecular weight is 375 g/mol. The van der Waals surface area contributed by atoms with Gasteiger partial charge in [0.05, 0.1) is 13.0 Å². The standard InChI is InChI=1S/C21H26N2O2.ClH/c1-4-14-23(15-17-10-12-19(25-3)13-11-17)21(24)16(2)20(22)18-8-6-5-7-9-18;/h4-13,16,20H,1,14-15,22H2,2-3H3;1H. The number of methoxy groups -OCH3 is 1. The lowest BCUT2D eigenvalue weighted by atomic mass is 9.94. The molecule has 2 atom stereocenters. The van der Waals surface area contributed by atoms with Crippen molar-refractivity contribution in [1.29, 1.82) is 0 Å². The molecule has 2 rings (SSSR count). The van der Waals surface area contributed by atoms with Gasteiger partial charge >= 0.3 is 0 Å². The van der Waals surface area contributed by atoms with E-state index in [2.05, 4.69) is 6.58 Å². The minimum atomic E-state index is -0.336. The van der Waals surface area contributed by atoms with Gasteiger partial charge in [-0.25, -0.2) is 0 Å². The van der Waals surface area contributed by atoms with Gasteiger partial charge in [-0.05, 0) is 23.3 Å². The number of hydrogen-bond acceptors (Lipinski definition) is 3. The summed E-state index contributed by atoms with van der Waals surface area (Å²) in [6.07, 6.45) is 1.74. The van der Waals surface area contributed by atoms with Gasteiger partial charge in [-0.15, -0.1) is 19.0 Å². The summed E-state index contributed by atoms with van der Waals surface area (Å²) in [5.74, 6) is 0.498. The number of benzene rings is 2. The van der Waals surface area contributed by atoms with Crippen molar-refractivity contribution in [2.45, 2.75) is 19.5 Å². The SMILES string of the molecule is C=CCN(Cc1ccc(OC)cc1)C(=O)C(C)C(N)c1ccccc1.Cl. The van der Waals surface area contributed by atoms with Crippen molar-refractivity contribution in [3.8, 4) is 5.75 Å². The van der Waals surface area contributed by atoms with Crippen LogP contribution in [0.5, 0.6) is 5.75 Å². The number of amides is 1. The quantitative estimate of drug-likeness (QED) is 0.711. The van der Waals surface area contributed by atoms with Crippen LogP contribution in [0.15, 0.2) is 67.3 Å². The van der Waals surface area contributed by atoms with E-state index < -0.39 is 0 Å². The van der Waals surface area contributed by atoms with Gasteiger partial charge in [-0.2, -0.15) is 0 Å². The van der Waals surface area contributed by atoms with Crippen molar-refractivity contribution < 1.29 is 9.53 Å². The Labute approximate surface area is 162 Å². The summed E-state index contributed by atoms with van der Waals surface area (Å²) in [7, 11) is 1.63. The second-order valence-electron chi connectivity index (χ2n) is 6.08. The summed E-state index contributed by atoms with van der Waals surface area (Å²) in [5, 5.41) is 0. The van der Waals surface area contributed by atoms with E-state index in [9.17, 15) is 4.79 Å². The summed E-state index contributed by atoms with van der Waals surface area (Å²) in [5.41, 5.74) is 8.32. The summed E-state index contributed by atoms with van der Waals surface area (Å²) in [6, 6.07) is 17.1. The molecule has 0 bridgehead atoms. The van der Waals surface area contributed by atoms with Gasteiger partial charge < -0.3 is 15.4 Å². The number of ether oxygens (including phenoxy) is 1. The largest absolute Gasteiger partial charge is 0.497 e. The van der Waals surface area contributed by atoms with Crippen LogP contribution in [-0.2, 0) is 11.3 Å². The molecule has 4 nitrogen and oxygen atoms in total. The fourth-order valence-corrected chi connectivity index (χ4v) is 2.75. The maximum Gasteiger partial charge on any atom is 0.227 e. The van der Waals surface area contributed by atoms with Gasteiger partial charge in [-0.1, -0.05) is 55.5 Å². The molecule has 2 aromatic rings. The summed E-state index contributed by atoms with van der Waals surface area (Å²) in [4.78, 5) is 14.7. The van der Waals surface area contributed by atoms with Crippen molar-refractivity contribution >= 4 is 18.3 Å². The molecule has 0 saturated heterocycles. The zero-order valence-electron chi connectivity index (χ0n) is 15.3. The first-order valence-corrected chi connectivity index (χ1v) is 8.40. The number of halogens is 1. The number of hydrogen-bond donors (Lipinski definition) is 1. The first kappa shape index (κ1) is 21.7. The first-order valence-electron chi connectivity index (χ1n) is 8.40. The molecule has 0 aliphatic carbocycles. The van der Waals surface area contributed by atoms with E-state index in [4.69, 9.17) is 10.5 Å². The minimum Gasteiger partial charge on any atom is -0.497 e. The zero-order valence-corrected chi connectivity index (χ0v) is 16.1. The molecule has 0 fully saturated rings. The highest BCUT2D eigenvalue weighted by atomic mass is 35.5. The van der Waals surface area contributed by atoms with Gasteiger partial charge in [0, 0.05) is 19.1 Å². The third-order valence-electron chi connectivity index (χ3n) is 4.31. The molecular formula is C21H27ClN2O2. The Hall–Kier alpha value is -2.30. The van der Waals surface area contributed by atoms with E-state index >= 15 is 0 Å². The maximum absolute atomic E-state index is 12.9. The van der Waals surface area contributed by atoms with Gasteiger partial charge in [-0.3, -0.25) is 4.79 Å². The number of nitrogens with two attached hydrogens (primary N) is 1. The van der Waals surface area contributed by atoms with Crippen LogP contribution in [0, 0.1) is 5.92 Å². The average Bonchev–Trinajstić information content (AvgIpc) is 2.67. The van der Waals surface area contributed by atoms with E-state index in [1.807, 2.05) is 61.5 Å². The monoisotopic (exact) mass is 374 g/mol.